The molecule has 3 rings (SSSR count). The number of benzene rings is 1. The number of nitrogens with one attached hydrogen (secondary N) is 1. The van der Waals surface area contributed by atoms with E-state index in [2.05, 4.69) is 5.32 Å². The lowest BCUT2D eigenvalue weighted by Gasteiger charge is -2.35. The number of alkyl halides is 3. The van der Waals surface area contributed by atoms with Crippen LogP contribution >= 0.6 is 11.3 Å². The van der Waals surface area contributed by atoms with E-state index in [1.165, 1.54) is 40.5 Å². The number of hydrogen-bond acceptors (Lipinski definition) is 8. The van der Waals surface area contributed by atoms with Crippen molar-refractivity contribution in [3.63, 3.8) is 0 Å². The number of anilines is 1. The van der Waals surface area contributed by atoms with E-state index >= 15 is 0 Å². The third-order valence-electron chi connectivity index (χ3n) is 7.57. The Kier molecular flexibility index (Phi) is 13.2. The molecule has 1 aromatic heterocycles. The van der Waals surface area contributed by atoms with Crippen LogP contribution in [0.25, 0.3) is 0 Å². The molecule has 2 amide bonds. The van der Waals surface area contributed by atoms with Crippen LogP contribution in [0.1, 0.15) is 63.2 Å². The van der Waals surface area contributed by atoms with Crippen molar-refractivity contribution in [3.8, 4) is 5.75 Å². The summed E-state index contributed by atoms with van der Waals surface area (Å²) in [5.74, 6) is -1.55. The highest BCUT2D eigenvalue weighted by Crippen LogP contribution is 2.29. The van der Waals surface area contributed by atoms with E-state index in [-0.39, 0.29) is 52.9 Å². The van der Waals surface area contributed by atoms with Crippen molar-refractivity contribution in [2.45, 2.75) is 81.5 Å². The molecule has 1 aliphatic heterocycles. The van der Waals surface area contributed by atoms with Gasteiger partial charge in [-0.2, -0.15) is 17.5 Å². The van der Waals surface area contributed by atoms with Gasteiger partial charge in [-0.3, -0.25) is 9.59 Å². The smallest absolute Gasteiger partial charge is 0.389 e. The highest BCUT2D eigenvalue weighted by molar-refractivity contribution is 7.91. The number of rotatable bonds is 9. The minimum absolute atomic E-state index is 0.0289. The summed E-state index contributed by atoms with van der Waals surface area (Å²) in [4.78, 5) is 27.8. The summed E-state index contributed by atoms with van der Waals surface area (Å²) in [5, 5.41) is 14.2. The molecular weight excluding hydrogens is 635 g/mol. The molecule has 1 aliphatic rings. The quantitative estimate of drug-likeness (QED) is 0.377. The van der Waals surface area contributed by atoms with Gasteiger partial charge in [0.2, 0.25) is 5.91 Å². The van der Waals surface area contributed by atoms with Gasteiger partial charge in [0, 0.05) is 44.8 Å². The Balaban J connectivity index is 1.94. The molecule has 2 N–H and O–H groups in total. The lowest BCUT2D eigenvalue weighted by Crippen LogP contribution is -2.48. The fraction of sp³-hybridized carbons (Fsp3) is 0.600. The summed E-state index contributed by atoms with van der Waals surface area (Å²) in [5.41, 5.74) is 0.188. The predicted octanol–water partition coefficient (Wildman–Crippen LogP) is 5.15. The number of fused-ring (bicyclic) bond motifs is 1. The van der Waals surface area contributed by atoms with Crippen LogP contribution in [-0.4, -0.2) is 92.3 Å². The minimum Gasteiger partial charge on any atom is -0.490 e. The average Bonchev–Trinajstić information content (AvgIpc) is 3.53. The summed E-state index contributed by atoms with van der Waals surface area (Å²) < 4.78 is 78.0. The molecule has 0 spiro atoms. The summed E-state index contributed by atoms with van der Waals surface area (Å²) in [6, 6.07) is 6.84. The molecule has 0 saturated carbocycles. The first kappa shape index (κ1) is 36.7. The van der Waals surface area contributed by atoms with E-state index in [4.69, 9.17) is 9.47 Å². The molecule has 0 unspecified atom stereocenters. The van der Waals surface area contributed by atoms with E-state index < -0.39 is 53.0 Å². The number of aliphatic hydroxyl groups excluding tert-OH is 1. The van der Waals surface area contributed by atoms with E-state index in [1.807, 2.05) is 13.8 Å². The summed E-state index contributed by atoms with van der Waals surface area (Å²) in [6.45, 7) is 5.43. The van der Waals surface area contributed by atoms with E-state index in [0.717, 1.165) is 17.8 Å². The zero-order valence-corrected chi connectivity index (χ0v) is 27.5. The normalized spacial score (nSPS) is 21.5. The molecule has 4 atom stereocenters. The number of likely N-dealkylation sites (N-methyl/N-ethyl adjacent to an activating group) is 1. The van der Waals surface area contributed by atoms with Gasteiger partial charge in [0.25, 0.3) is 15.9 Å². The monoisotopic (exact) mass is 677 g/mol. The number of ether oxygens (including phenoxy) is 2. The van der Waals surface area contributed by atoms with Crippen molar-refractivity contribution in [1.29, 1.82) is 0 Å². The highest BCUT2D eigenvalue weighted by atomic mass is 32.2. The van der Waals surface area contributed by atoms with E-state index in [1.54, 1.807) is 18.4 Å². The lowest BCUT2D eigenvalue weighted by atomic mass is 10.0. The van der Waals surface area contributed by atoms with E-state index in [9.17, 15) is 36.3 Å². The molecule has 2 aromatic rings. The van der Waals surface area contributed by atoms with Gasteiger partial charge in [-0.15, -0.1) is 11.3 Å². The van der Waals surface area contributed by atoms with Crippen LogP contribution in [0.3, 0.4) is 0 Å². The number of amides is 2. The van der Waals surface area contributed by atoms with Crippen LogP contribution in [0.5, 0.6) is 5.75 Å². The van der Waals surface area contributed by atoms with Crippen LogP contribution in [0.4, 0.5) is 18.9 Å². The van der Waals surface area contributed by atoms with Crippen molar-refractivity contribution >= 4 is 38.9 Å². The summed E-state index contributed by atoms with van der Waals surface area (Å²) in [6.07, 6.45) is -5.41. The van der Waals surface area contributed by atoms with Crippen molar-refractivity contribution in [3.05, 3.63) is 41.3 Å². The molecule has 0 radical (unpaired) electrons. The largest absolute Gasteiger partial charge is 0.490 e. The van der Waals surface area contributed by atoms with Crippen LogP contribution in [-0.2, 0) is 19.6 Å². The molecule has 2 heterocycles. The summed E-state index contributed by atoms with van der Waals surface area (Å²) >= 11 is 1.11. The SMILES string of the molecule is C[C@@H]1CCCCO[C@@H](CN(C)S(=O)(=O)c2cccs2)[C@H](C)CN([C@@H](C)CO)C(=O)c2cc(NC(=O)CCC(F)(F)F)ccc2O1. The van der Waals surface area contributed by atoms with Crippen molar-refractivity contribution in [2.24, 2.45) is 5.92 Å². The number of halogens is 3. The predicted molar refractivity (Wildman–Crippen MR) is 165 cm³/mol. The van der Waals surface area contributed by atoms with Gasteiger partial charge < -0.3 is 24.8 Å². The average molecular weight is 678 g/mol. The first-order valence-corrected chi connectivity index (χ1v) is 17.1. The second-order valence-electron chi connectivity index (χ2n) is 11.4. The Bertz CT molecular complexity index is 1370. The third kappa shape index (κ3) is 10.7. The standard InChI is InChI=1S/C30H42F3N3O7S2/c1-20-17-36(21(2)19-37)29(39)24-16-23(34-27(38)12-13-30(31,32)33)10-11-25(24)43-22(3)8-5-6-14-42-26(20)18-35(4)45(40,41)28-9-7-15-44-28/h7,9-11,15-16,20-22,26,37H,5-6,8,12-14,17-19H2,1-4H3,(H,34,38)/t20-,21+,22-,26+/m1/s1. The van der Waals surface area contributed by atoms with Crippen molar-refractivity contribution in [2.75, 3.05) is 38.7 Å². The first-order valence-electron chi connectivity index (χ1n) is 14.8. The topological polar surface area (TPSA) is 125 Å². The van der Waals surface area contributed by atoms with Crippen LogP contribution in [0.2, 0.25) is 0 Å². The second kappa shape index (κ2) is 16.2. The van der Waals surface area contributed by atoms with Gasteiger partial charge >= 0.3 is 6.18 Å². The number of thiophene rings is 1. The molecular formula is C30H42F3N3O7S2. The van der Waals surface area contributed by atoms with E-state index in [0.29, 0.717) is 19.4 Å². The number of carbonyl (C=O) groups is 2. The number of carbonyl (C=O) groups excluding carboxylic acids is 2. The Morgan fingerprint density at radius 3 is 2.62 bits per heavy atom. The zero-order valence-electron chi connectivity index (χ0n) is 25.9. The Morgan fingerprint density at radius 1 is 1.24 bits per heavy atom. The minimum atomic E-state index is -4.49. The molecule has 252 valence electrons. The van der Waals surface area contributed by atoms with Crippen molar-refractivity contribution in [1.82, 2.24) is 9.21 Å². The van der Waals surface area contributed by atoms with Gasteiger partial charge in [0.05, 0.1) is 36.8 Å². The molecule has 0 aliphatic carbocycles. The molecule has 45 heavy (non-hydrogen) atoms. The fourth-order valence-corrected chi connectivity index (χ4v) is 7.24. The molecule has 10 nitrogen and oxygen atoms in total. The van der Waals surface area contributed by atoms with Gasteiger partial charge in [-0.25, -0.2) is 8.42 Å². The second-order valence-corrected chi connectivity index (χ2v) is 14.6. The zero-order chi connectivity index (χ0) is 33.4. The number of nitrogens with zero attached hydrogens (tertiary/aromatic N) is 2. The third-order valence-corrected chi connectivity index (χ3v) is 10.8. The molecule has 0 saturated heterocycles. The van der Waals surface area contributed by atoms with Gasteiger partial charge in [-0.1, -0.05) is 13.0 Å². The van der Waals surface area contributed by atoms with Gasteiger partial charge in [0.15, 0.2) is 0 Å². The van der Waals surface area contributed by atoms with Gasteiger partial charge in [-0.05, 0) is 62.8 Å². The molecule has 1 aromatic carbocycles. The number of sulfonamides is 1. The van der Waals surface area contributed by atoms with Crippen LogP contribution in [0, 0.1) is 5.92 Å². The number of aliphatic hydroxyl groups is 1. The number of hydrogen-bond donors (Lipinski definition) is 2. The molecule has 15 heteroatoms. The van der Waals surface area contributed by atoms with Crippen LogP contribution in [0.15, 0.2) is 39.9 Å². The Hall–Kier alpha value is -2.72. The molecule has 0 fully saturated rings. The van der Waals surface area contributed by atoms with Gasteiger partial charge in [0.1, 0.15) is 9.96 Å². The summed E-state index contributed by atoms with van der Waals surface area (Å²) in [7, 11) is -2.28. The Morgan fingerprint density at radius 2 is 1.98 bits per heavy atom. The maximum atomic E-state index is 14.1. The molecule has 0 bridgehead atoms. The Labute approximate surface area is 266 Å². The fourth-order valence-electron chi connectivity index (χ4n) is 4.86. The first-order chi connectivity index (χ1) is 21.1. The lowest BCUT2D eigenvalue weighted by molar-refractivity contribution is -0.142. The highest BCUT2D eigenvalue weighted by Gasteiger charge is 2.33. The maximum absolute atomic E-state index is 14.1. The maximum Gasteiger partial charge on any atom is 0.389 e. The van der Waals surface area contributed by atoms with Crippen molar-refractivity contribution < 1.29 is 45.8 Å². The van der Waals surface area contributed by atoms with Crippen LogP contribution < -0.4 is 10.1 Å².